The number of nitrogens with one attached hydrogen (secondary N) is 1. The molecule has 0 aromatic heterocycles. The van der Waals surface area contributed by atoms with E-state index < -0.39 is 28.1 Å². The molecule has 1 N–H and O–H groups in total. The third-order valence-electron chi connectivity index (χ3n) is 2.73. The number of benzene rings is 2. The summed E-state index contributed by atoms with van der Waals surface area (Å²) in [7, 11) is 0. The smallest absolute Gasteiger partial charge is 0.305 e. The Balaban J connectivity index is 2.26. The molecule has 0 aliphatic carbocycles. The maximum absolute atomic E-state index is 13.6. The van der Waals surface area contributed by atoms with E-state index in [1.807, 2.05) is 0 Å². The van der Waals surface area contributed by atoms with E-state index in [0.29, 0.717) is 6.07 Å². The van der Waals surface area contributed by atoms with E-state index in [-0.39, 0.29) is 22.8 Å². The Morgan fingerprint density at radius 3 is 2.57 bits per heavy atom. The second kappa shape index (κ2) is 6.01. The van der Waals surface area contributed by atoms with Crippen LogP contribution in [0.25, 0.3) is 0 Å². The number of hydrogen-bond acceptors (Lipinski definition) is 3. The Morgan fingerprint density at radius 2 is 1.90 bits per heavy atom. The first-order valence-corrected chi connectivity index (χ1v) is 6.08. The maximum Gasteiger partial charge on any atom is 0.305 e. The quantitative estimate of drug-likeness (QED) is 0.676. The van der Waals surface area contributed by atoms with Gasteiger partial charge in [0.25, 0.3) is 0 Å². The lowest BCUT2D eigenvalue weighted by Crippen LogP contribution is -2.05. The molecule has 0 unspecified atom stereocenters. The zero-order valence-electron chi connectivity index (χ0n) is 10.4. The van der Waals surface area contributed by atoms with Crippen LogP contribution in [0, 0.1) is 27.6 Å². The highest BCUT2D eigenvalue weighted by atomic mass is 35.5. The van der Waals surface area contributed by atoms with Gasteiger partial charge in [0, 0.05) is 24.2 Å². The molecule has 2 rings (SSSR count). The van der Waals surface area contributed by atoms with Crippen LogP contribution in [0.15, 0.2) is 30.3 Å². The highest BCUT2D eigenvalue weighted by molar-refractivity contribution is 6.31. The Bertz CT molecular complexity index is 710. The van der Waals surface area contributed by atoms with E-state index in [4.69, 9.17) is 11.6 Å². The second-order valence-electron chi connectivity index (χ2n) is 4.11. The normalized spacial score (nSPS) is 10.5. The predicted molar refractivity (Wildman–Crippen MR) is 71.7 cm³/mol. The van der Waals surface area contributed by atoms with Crippen molar-refractivity contribution in [3.8, 4) is 0 Å². The first-order valence-electron chi connectivity index (χ1n) is 5.70. The van der Waals surface area contributed by atoms with Crippen molar-refractivity contribution in [1.82, 2.24) is 0 Å². The van der Waals surface area contributed by atoms with Crippen molar-refractivity contribution >= 4 is 23.0 Å². The first-order chi connectivity index (χ1) is 9.90. The molecule has 0 aliphatic heterocycles. The van der Waals surface area contributed by atoms with Crippen molar-refractivity contribution < 1.29 is 18.1 Å². The minimum Gasteiger partial charge on any atom is -0.378 e. The third kappa shape index (κ3) is 3.25. The summed E-state index contributed by atoms with van der Waals surface area (Å²) in [6, 6.07) is 5.38. The van der Waals surface area contributed by atoms with Crippen LogP contribution in [0.2, 0.25) is 5.02 Å². The summed E-state index contributed by atoms with van der Waals surface area (Å²) in [5.41, 5.74) is -1.00. The van der Waals surface area contributed by atoms with Crippen LogP contribution in [-0.2, 0) is 6.54 Å². The molecule has 0 amide bonds. The molecule has 0 bridgehead atoms. The fourth-order valence-corrected chi connectivity index (χ4v) is 1.86. The van der Waals surface area contributed by atoms with E-state index in [2.05, 4.69) is 5.32 Å². The molecule has 0 heterocycles. The molecule has 110 valence electrons. The zero-order chi connectivity index (χ0) is 15.6. The molecule has 0 atom stereocenters. The third-order valence-corrected chi connectivity index (χ3v) is 3.03. The molecule has 21 heavy (non-hydrogen) atoms. The number of nitro benzene ring substituents is 1. The maximum atomic E-state index is 13.6. The van der Waals surface area contributed by atoms with Gasteiger partial charge >= 0.3 is 5.69 Å². The van der Waals surface area contributed by atoms with Crippen molar-refractivity contribution in [1.29, 1.82) is 0 Å². The van der Waals surface area contributed by atoms with E-state index >= 15 is 0 Å². The van der Waals surface area contributed by atoms with Crippen molar-refractivity contribution in [2.45, 2.75) is 6.54 Å². The number of hydrogen-bond donors (Lipinski definition) is 1. The molecule has 4 nitrogen and oxygen atoms in total. The van der Waals surface area contributed by atoms with Crippen LogP contribution in [0.1, 0.15) is 5.56 Å². The lowest BCUT2D eigenvalue weighted by molar-refractivity contribution is -0.387. The summed E-state index contributed by atoms with van der Waals surface area (Å²) in [6.45, 7) is -0.260. The number of anilines is 1. The van der Waals surface area contributed by atoms with Gasteiger partial charge in [-0.05, 0) is 12.1 Å². The lowest BCUT2D eigenvalue weighted by Gasteiger charge is -2.09. The predicted octanol–water partition coefficient (Wildman–Crippen LogP) is 4.28. The number of rotatable bonds is 4. The molecule has 0 saturated heterocycles. The van der Waals surface area contributed by atoms with Gasteiger partial charge in [-0.15, -0.1) is 0 Å². The van der Waals surface area contributed by atoms with Gasteiger partial charge in [0.15, 0.2) is 5.82 Å². The minimum atomic E-state index is -1.27. The largest absolute Gasteiger partial charge is 0.378 e. The number of nitrogens with zero attached hydrogens (tertiary/aromatic N) is 1. The van der Waals surface area contributed by atoms with E-state index in [1.165, 1.54) is 18.2 Å². The second-order valence-corrected chi connectivity index (χ2v) is 4.51. The summed E-state index contributed by atoms with van der Waals surface area (Å²) in [6.07, 6.45) is 0. The summed E-state index contributed by atoms with van der Waals surface area (Å²) < 4.78 is 40.4. The topological polar surface area (TPSA) is 55.2 Å². The number of nitro groups is 1. The average molecular weight is 317 g/mol. The van der Waals surface area contributed by atoms with Gasteiger partial charge in [-0.25, -0.2) is 8.78 Å². The zero-order valence-corrected chi connectivity index (χ0v) is 11.1. The fraction of sp³-hybridized carbons (Fsp3) is 0.0769. The van der Waals surface area contributed by atoms with Crippen molar-refractivity contribution in [2.75, 3.05) is 5.32 Å². The summed E-state index contributed by atoms with van der Waals surface area (Å²) in [4.78, 5) is 9.64. The van der Waals surface area contributed by atoms with Crippen LogP contribution in [0.5, 0.6) is 0 Å². The van der Waals surface area contributed by atoms with Gasteiger partial charge < -0.3 is 5.32 Å². The van der Waals surface area contributed by atoms with Crippen LogP contribution < -0.4 is 5.32 Å². The first kappa shape index (κ1) is 15.1. The lowest BCUT2D eigenvalue weighted by atomic mass is 10.1. The highest BCUT2D eigenvalue weighted by Gasteiger charge is 2.18. The Kier molecular flexibility index (Phi) is 4.32. The van der Waals surface area contributed by atoms with Crippen LogP contribution in [0.3, 0.4) is 0 Å². The van der Waals surface area contributed by atoms with E-state index in [0.717, 1.165) is 6.07 Å². The molecule has 0 fully saturated rings. The van der Waals surface area contributed by atoms with Crippen LogP contribution >= 0.6 is 11.6 Å². The fourth-order valence-electron chi connectivity index (χ4n) is 1.69. The summed E-state index contributed by atoms with van der Waals surface area (Å²) >= 11 is 5.59. The minimum absolute atomic E-state index is 0.00822. The molecule has 0 radical (unpaired) electrons. The van der Waals surface area contributed by atoms with Gasteiger partial charge in [0.2, 0.25) is 5.82 Å². The van der Waals surface area contributed by atoms with Gasteiger partial charge in [-0.2, -0.15) is 4.39 Å². The van der Waals surface area contributed by atoms with Crippen LogP contribution in [0.4, 0.5) is 24.5 Å². The molecule has 2 aromatic carbocycles. The Labute approximate surface area is 122 Å². The highest BCUT2D eigenvalue weighted by Crippen LogP contribution is 2.25. The summed E-state index contributed by atoms with van der Waals surface area (Å²) in [5, 5.41) is 13.0. The van der Waals surface area contributed by atoms with Crippen molar-refractivity contribution in [2.24, 2.45) is 0 Å². The molecule has 0 aliphatic rings. The Morgan fingerprint density at radius 1 is 1.19 bits per heavy atom. The standard InChI is InChI=1S/C13H8ClF3N2O2/c14-8-2-1-3-11(13(8)17)18-6-7-4-12(19(20)21)10(16)5-9(7)15/h1-5,18H,6H2. The average Bonchev–Trinajstić information content (AvgIpc) is 2.41. The molecule has 2 aromatic rings. The Hall–Kier alpha value is -2.28. The SMILES string of the molecule is O=[N+]([O-])c1cc(CNc2cccc(Cl)c2F)c(F)cc1F. The van der Waals surface area contributed by atoms with E-state index in [1.54, 1.807) is 0 Å². The van der Waals surface area contributed by atoms with Gasteiger partial charge in [-0.1, -0.05) is 17.7 Å². The van der Waals surface area contributed by atoms with Gasteiger partial charge in [0.1, 0.15) is 5.82 Å². The molecule has 8 heteroatoms. The monoisotopic (exact) mass is 316 g/mol. The van der Waals surface area contributed by atoms with E-state index in [9.17, 15) is 23.3 Å². The molecular formula is C13H8ClF3N2O2. The van der Waals surface area contributed by atoms with Gasteiger partial charge in [0.05, 0.1) is 15.6 Å². The van der Waals surface area contributed by atoms with Crippen molar-refractivity contribution in [3.05, 3.63) is 68.5 Å². The summed E-state index contributed by atoms with van der Waals surface area (Å²) in [5.74, 6) is -2.96. The van der Waals surface area contributed by atoms with Crippen LogP contribution in [-0.4, -0.2) is 4.92 Å². The number of halogens is 4. The molecule has 0 saturated carbocycles. The molecule has 0 spiro atoms. The van der Waals surface area contributed by atoms with Crippen molar-refractivity contribution in [3.63, 3.8) is 0 Å². The van der Waals surface area contributed by atoms with Gasteiger partial charge in [-0.3, -0.25) is 10.1 Å². The molecular weight excluding hydrogens is 309 g/mol.